The summed E-state index contributed by atoms with van der Waals surface area (Å²) in [6, 6.07) is 5.17. The molecule has 1 heterocycles. The van der Waals surface area contributed by atoms with Gasteiger partial charge in [-0.25, -0.2) is 4.79 Å². The minimum Gasteiger partial charge on any atom is -0.486 e. The maximum Gasteiger partial charge on any atom is 0.317 e. The van der Waals surface area contributed by atoms with E-state index in [9.17, 15) is 9.90 Å². The van der Waals surface area contributed by atoms with Crippen molar-refractivity contribution in [3.63, 3.8) is 0 Å². The number of rotatable bonds is 6. The first-order valence-corrected chi connectivity index (χ1v) is 7.59. The van der Waals surface area contributed by atoms with E-state index in [0.29, 0.717) is 19.0 Å². The first kappa shape index (κ1) is 17.4. The van der Waals surface area contributed by atoms with Crippen LogP contribution in [-0.4, -0.2) is 62.7 Å². The Labute approximate surface area is 136 Å². The van der Waals surface area contributed by atoms with Crippen molar-refractivity contribution in [2.45, 2.75) is 19.1 Å². The fourth-order valence-corrected chi connectivity index (χ4v) is 2.35. The molecule has 1 aliphatic heterocycles. The number of urea groups is 1. The van der Waals surface area contributed by atoms with Crippen LogP contribution in [0.4, 0.5) is 4.79 Å². The zero-order valence-corrected chi connectivity index (χ0v) is 13.7. The lowest BCUT2D eigenvalue weighted by atomic mass is 10.1. The Hall–Kier alpha value is -1.99. The molecule has 2 atom stereocenters. The van der Waals surface area contributed by atoms with E-state index in [4.69, 9.17) is 14.2 Å². The third kappa shape index (κ3) is 4.74. The Morgan fingerprint density at radius 1 is 1.39 bits per heavy atom. The van der Waals surface area contributed by atoms with Crippen molar-refractivity contribution in [3.8, 4) is 11.5 Å². The lowest BCUT2D eigenvalue weighted by Gasteiger charge is -2.24. The van der Waals surface area contributed by atoms with Crippen molar-refractivity contribution >= 4 is 6.03 Å². The molecule has 2 rings (SSSR count). The van der Waals surface area contributed by atoms with Gasteiger partial charge in [0.25, 0.3) is 0 Å². The van der Waals surface area contributed by atoms with Crippen LogP contribution < -0.4 is 14.8 Å². The number of carbonyl (C=O) groups excluding carboxylic acids is 1. The van der Waals surface area contributed by atoms with Crippen molar-refractivity contribution < 1.29 is 24.1 Å². The molecular weight excluding hydrogens is 300 g/mol. The molecule has 0 aromatic heterocycles. The van der Waals surface area contributed by atoms with Gasteiger partial charge >= 0.3 is 6.03 Å². The number of benzene rings is 1. The van der Waals surface area contributed by atoms with Crippen LogP contribution in [0.25, 0.3) is 0 Å². The molecule has 2 N–H and O–H groups in total. The molecule has 128 valence electrons. The van der Waals surface area contributed by atoms with Crippen LogP contribution in [0.1, 0.15) is 18.5 Å². The van der Waals surface area contributed by atoms with Gasteiger partial charge in [0.05, 0.1) is 25.3 Å². The molecule has 1 aromatic carbocycles. The topological polar surface area (TPSA) is 80.3 Å². The van der Waals surface area contributed by atoms with Crippen LogP contribution in [0, 0.1) is 0 Å². The zero-order valence-electron chi connectivity index (χ0n) is 13.7. The maximum absolute atomic E-state index is 12.2. The summed E-state index contributed by atoms with van der Waals surface area (Å²) in [5.41, 5.74) is 0.924. The minimum atomic E-state index is -0.708. The summed E-state index contributed by atoms with van der Waals surface area (Å²) < 4.78 is 15.9. The second-order valence-corrected chi connectivity index (χ2v) is 5.56. The molecule has 7 heteroatoms. The number of hydrogen-bond acceptors (Lipinski definition) is 5. The lowest BCUT2D eigenvalue weighted by Crippen LogP contribution is -2.43. The van der Waals surface area contributed by atoms with Gasteiger partial charge in [-0.1, -0.05) is 6.07 Å². The second kappa shape index (κ2) is 8.03. The molecule has 0 saturated heterocycles. The number of methoxy groups -OCH3 is 1. The van der Waals surface area contributed by atoms with Crippen LogP contribution in [0.3, 0.4) is 0 Å². The third-order valence-corrected chi connectivity index (χ3v) is 3.60. The first-order valence-electron chi connectivity index (χ1n) is 7.59. The average molecular weight is 324 g/mol. The zero-order chi connectivity index (χ0) is 16.8. The minimum absolute atomic E-state index is 0.190. The standard InChI is InChI=1S/C16H24N2O5/c1-11(17-16(20)18(2)9-13(19)10-21-3)12-4-5-14-15(8-12)23-7-6-22-14/h4-5,8,11,13,19H,6-7,9-10H2,1-3H3,(H,17,20)/t11-,13-/m1/s1. The highest BCUT2D eigenvalue weighted by Crippen LogP contribution is 2.32. The fourth-order valence-electron chi connectivity index (χ4n) is 2.35. The van der Waals surface area contributed by atoms with Crippen molar-refractivity contribution in [1.82, 2.24) is 10.2 Å². The van der Waals surface area contributed by atoms with Crippen LogP contribution in [-0.2, 0) is 4.74 Å². The number of likely N-dealkylation sites (N-methyl/N-ethyl adjacent to an activating group) is 1. The summed E-state index contributed by atoms with van der Waals surface area (Å²) in [7, 11) is 3.14. The van der Waals surface area contributed by atoms with Crippen molar-refractivity contribution in [3.05, 3.63) is 23.8 Å². The van der Waals surface area contributed by atoms with Gasteiger partial charge < -0.3 is 29.5 Å². The summed E-state index contributed by atoms with van der Waals surface area (Å²) in [4.78, 5) is 13.6. The molecular formula is C16H24N2O5. The van der Waals surface area contributed by atoms with Crippen LogP contribution in [0.5, 0.6) is 11.5 Å². The van der Waals surface area contributed by atoms with Gasteiger partial charge in [0.1, 0.15) is 13.2 Å². The van der Waals surface area contributed by atoms with Crippen LogP contribution in [0.15, 0.2) is 18.2 Å². The smallest absolute Gasteiger partial charge is 0.317 e. The maximum atomic E-state index is 12.2. The summed E-state index contributed by atoms with van der Waals surface area (Å²) >= 11 is 0. The highest BCUT2D eigenvalue weighted by atomic mass is 16.6. The predicted molar refractivity (Wildman–Crippen MR) is 84.9 cm³/mol. The number of nitrogens with zero attached hydrogens (tertiary/aromatic N) is 1. The molecule has 0 unspecified atom stereocenters. The van der Waals surface area contributed by atoms with Gasteiger partial charge in [-0.3, -0.25) is 0 Å². The van der Waals surface area contributed by atoms with E-state index in [2.05, 4.69) is 5.32 Å². The summed E-state index contributed by atoms with van der Waals surface area (Å²) in [6.45, 7) is 3.36. The van der Waals surface area contributed by atoms with Gasteiger partial charge in [0.15, 0.2) is 11.5 Å². The van der Waals surface area contributed by atoms with E-state index < -0.39 is 6.10 Å². The van der Waals surface area contributed by atoms with E-state index in [1.165, 1.54) is 12.0 Å². The van der Waals surface area contributed by atoms with Gasteiger partial charge in [0, 0.05) is 14.2 Å². The highest BCUT2D eigenvalue weighted by Gasteiger charge is 2.18. The second-order valence-electron chi connectivity index (χ2n) is 5.56. The van der Waals surface area contributed by atoms with E-state index in [0.717, 1.165) is 11.3 Å². The van der Waals surface area contributed by atoms with Gasteiger partial charge in [-0.05, 0) is 24.6 Å². The molecule has 2 amide bonds. The number of aliphatic hydroxyl groups excluding tert-OH is 1. The van der Waals surface area contributed by atoms with Crippen LogP contribution >= 0.6 is 0 Å². The molecule has 23 heavy (non-hydrogen) atoms. The Bertz CT molecular complexity index is 537. The fraction of sp³-hybridized carbons (Fsp3) is 0.562. The molecule has 0 saturated carbocycles. The monoisotopic (exact) mass is 324 g/mol. The Kier molecular flexibility index (Phi) is 6.06. The third-order valence-electron chi connectivity index (χ3n) is 3.60. The number of amides is 2. The molecule has 0 bridgehead atoms. The number of hydrogen-bond donors (Lipinski definition) is 2. The average Bonchev–Trinajstić information content (AvgIpc) is 2.54. The highest BCUT2D eigenvalue weighted by molar-refractivity contribution is 5.74. The molecule has 0 aliphatic carbocycles. The molecule has 7 nitrogen and oxygen atoms in total. The lowest BCUT2D eigenvalue weighted by molar-refractivity contribution is 0.0488. The number of carbonyl (C=O) groups is 1. The number of fused-ring (bicyclic) bond motifs is 1. The Morgan fingerprint density at radius 2 is 2.09 bits per heavy atom. The Balaban J connectivity index is 1.93. The number of aliphatic hydroxyl groups is 1. The van der Waals surface area contributed by atoms with Gasteiger partial charge in [0.2, 0.25) is 0 Å². The molecule has 0 spiro atoms. The van der Waals surface area contributed by atoms with Gasteiger partial charge in [-0.2, -0.15) is 0 Å². The summed E-state index contributed by atoms with van der Waals surface area (Å²) in [5.74, 6) is 1.41. The first-order chi connectivity index (χ1) is 11.0. The van der Waals surface area contributed by atoms with E-state index in [-0.39, 0.29) is 25.2 Å². The SMILES string of the molecule is COC[C@H](O)CN(C)C(=O)N[C@H](C)c1ccc2c(c1)OCCO2. The van der Waals surface area contributed by atoms with E-state index in [1.807, 2.05) is 25.1 Å². The number of nitrogens with one attached hydrogen (secondary N) is 1. The van der Waals surface area contributed by atoms with Crippen molar-refractivity contribution in [2.75, 3.05) is 40.5 Å². The predicted octanol–water partition coefficient (Wildman–Crippen LogP) is 1.17. The van der Waals surface area contributed by atoms with E-state index >= 15 is 0 Å². The van der Waals surface area contributed by atoms with Crippen molar-refractivity contribution in [2.24, 2.45) is 0 Å². The normalized spacial score (nSPS) is 15.7. The molecule has 1 aromatic rings. The van der Waals surface area contributed by atoms with E-state index in [1.54, 1.807) is 7.05 Å². The molecule has 1 aliphatic rings. The quantitative estimate of drug-likeness (QED) is 0.821. The number of ether oxygens (including phenoxy) is 3. The van der Waals surface area contributed by atoms with Gasteiger partial charge in [-0.15, -0.1) is 0 Å². The largest absolute Gasteiger partial charge is 0.486 e. The van der Waals surface area contributed by atoms with Crippen LogP contribution in [0.2, 0.25) is 0 Å². The molecule has 0 radical (unpaired) electrons. The summed E-state index contributed by atoms with van der Waals surface area (Å²) in [6.07, 6.45) is -0.708. The molecule has 0 fully saturated rings. The summed E-state index contributed by atoms with van der Waals surface area (Å²) in [5, 5.41) is 12.6. The Morgan fingerprint density at radius 3 is 2.78 bits per heavy atom. The van der Waals surface area contributed by atoms with Crippen molar-refractivity contribution in [1.29, 1.82) is 0 Å².